The van der Waals surface area contributed by atoms with Crippen molar-refractivity contribution < 1.29 is 63.6 Å². The molecule has 0 aromatic heterocycles. The van der Waals surface area contributed by atoms with Crippen LogP contribution < -0.4 is 0 Å². The number of esters is 2. The molecular weight excluding hydrogens is 448 g/mol. The van der Waals surface area contributed by atoms with E-state index in [1.807, 2.05) is 0 Å². The van der Waals surface area contributed by atoms with Gasteiger partial charge < -0.3 is 49.2 Å². The maximum Gasteiger partial charge on any atom is 0.335 e. The number of carboxylic acid groups (broad SMARTS) is 1. The summed E-state index contributed by atoms with van der Waals surface area (Å²) in [4.78, 5) is 34.8. The summed E-state index contributed by atoms with van der Waals surface area (Å²) in [6.07, 6.45) is -7.89. The van der Waals surface area contributed by atoms with Gasteiger partial charge in [-0.05, 0) is 11.6 Å². The van der Waals surface area contributed by atoms with E-state index in [2.05, 4.69) is 0 Å². The van der Waals surface area contributed by atoms with Crippen LogP contribution in [0.5, 0.6) is 0 Å². The Labute approximate surface area is 187 Å². The van der Waals surface area contributed by atoms with Crippen molar-refractivity contribution >= 4 is 17.9 Å². The first-order valence-electron chi connectivity index (χ1n) is 10.1. The average molecular weight is 474 g/mol. The first kappa shape index (κ1) is 25.1. The second kappa shape index (κ2) is 10.2. The standard InChI is InChI=1S/C20H26O13/c1-7(22)29-5-9-3-11(31-8(2)23)14-10(18(27)28)6-30-19(13(9)14)33-20-17(26)16(25)15(24)12(4-21)32-20/h3,6,11-17,19-21,24-26H,4-5H2,1-2H3,(H,27,28). The molecule has 13 nitrogen and oxygen atoms in total. The van der Waals surface area contributed by atoms with E-state index in [4.69, 9.17) is 23.7 Å². The number of hydrogen-bond donors (Lipinski definition) is 5. The molecule has 13 heteroatoms. The number of rotatable bonds is 7. The van der Waals surface area contributed by atoms with E-state index in [9.17, 15) is 39.9 Å². The second-order valence-corrected chi connectivity index (χ2v) is 7.86. The van der Waals surface area contributed by atoms with Crippen LogP contribution in [-0.2, 0) is 38.1 Å². The highest BCUT2D eigenvalue weighted by Gasteiger charge is 2.53. The molecule has 3 rings (SSSR count). The van der Waals surface area contributed by atoms with Gasteiger partial charge in [-0.25, -0.2) is 4.79 Å². The third kappa shape index (κ3) is 5.18. The quantitative estimate of drug-likeness (QED) is 0.197. The molecule has 0 saturated carbocycles. The minimum atomic E-state index is -1.73. The number of carbonyl (C=O) groups is 3. The molecule has 9 atom stereocenters. The Kier molecular flexibility index (Phi) is 7.72. The Morgan fingerprint density at radius 2 is 1.70 bits per heavy atom. The van der Waals surface area contributed by atoms with Crippen molar-refractivity contribution in [3.05, 3.63) is 23.5 Å². The fraction of sp³-hybridized carbons (Fsp3) is 0.650. The molecule has 2 aliphatic heterocycles. The van der Waals surface area contributed by atoms with Crippen molar-refractivity contribution in [2.45, 2.75) is 56.9 Å². The Bertz CT molecular complexity index is 834. The fourth-order valence-electron chi connectivity index (χ4n) is 4.13. The summed E-state index contributed by atoms with van der Waals surface area (Å²) in [5.74, 6) is -4.56. The van der Waals surface area contributed by atoms with Crippen LogP contribution in [0.3, 0.4) is 0 Å². The number of hydrogen-bond acceptors (Lipinski definition) is 12. The number of carboxylic acids is 1. The molecule has 1 saturated heterocycles. The lowest BCUT2D eigenvalue weighted by molar-refractivity contribution is -0.340. The molecule has 5 N–H and O–H groups in total. The van der Waals surface area contributed by atoms with Crippen molar-refractivity contribution in [3.63, 3.8) is 0 Å². The highest BCUT2D eigenvalue weighted by Crippen LogP contribution is 2.45. The molecular formula is C20H26O13. The normalized spacial score (nSPS) is 37.8. The summed E-state index contributed by atoms with van der Waals surface area (Å²) in [6, 6.07) is 0. The van der Waals surface area contributed by atoms with E-state index in [1.165, 1.54) is 13.0 Å². The lowest BCUT2D eigenvalue weighted by Crippen LogP contribution is -2.60. The number of aliphatic carboxylic acids is 1. The van der Waals surface area contributed by atoms with Crippen LogP contribution in [0.4, 0.5) is 0 Å². The second-order valence-electron chi connectivity index (χ2n) is 7.86. The lowest BCUT2D eigenvalue weighted by atomic mass is 9.82. The first-order valence-corrected chi connectivity index (χ1v) is 10.1. The van der Waals surface area contributed by atoms with Crippen molar-refractivity contribution in [3.8, 4) is 0 Å². The van der Waals surface area contributed by atoms with Crippen LogP contribution in [0.25, 0.3) is 0 Å². The molecule has 0 spiro atoms. The van der Waals surface area contributed by atoms with E-state index in [0.717, 1.165) is 13.2 Å². The first-order chi connectivity index (χ1) is 15.5. The number of carbonyl (C=O) groups excluding carboxylic acids is 2. The van der Waals surface area contributed by atoms with Gasteiger partial charge in [0, 0.05) is 19.8 Å². The summed E-state index contributed by atoms with van der Waals surface area (Å²) in [7, 11) is 0. The molecule has 3 aliphatic rings. The van der Waals surface area contributed by atoms with E-state index in [-0.39, 0.29) is 12.2 Å². The zero-order chi connectivity index (χ0) is 24.4. The van der Waals surface area contributed by atoms with Gasteiger partial charge in [-0.3, -0.25) is 9.59 Å². The molecule has 1 aliphatic carbocycles. The smallest absolute Gasteiger partial charge is 0.335 e. The van der Waals surface area contributed by atoms with Crippen LogP contribution in [0.2, 0.25) is 0 Å². The molecule has 9 unspecified atom stereocenters. The third-order valence-corrected chi connectivity index (χ3v) is 5.64. The zero-order valence-corrected chi connectivity index (χ0v) is 17.8. The maximum atomic E-state index is 11.8. The third-order valence-electron chi connectivity index (χ3n) is 5.64. The highest BCUT2D eigenvalue weighted by molar-refractivity contribution is 5.87. The molecule has 184 valence electrons. The molecule has 0 radical (unpaired) electrons. The fourth-order valence-corrected chi connectivity index (χ4v) is 4.13. The summed E-state index contributed by atoms with van der Waals surface area (Å²) >= 11 is 0. The molecule has 0 bridgehead atoms. The van der Waals surface area contributed by atoms with Crippen LogP contribution in [0.1, 0.15) is 13.8 Å². The van der Waals surface area contributed by atoms with Gasteiger partial charge in [-0.15, -0.1) is 0 Å². The Morgan fingerprint density at radius 3 is 2.27 bits per heavy atom. The summed E-state index contributed by atoms with van der Waals surface area (Å²) in [6.45, 7) is 1.37. The Morgan fingerprint density at radius 1 is 1.00 bits per heavy atom. The summed E-state index contributed by atoms with van der Waals surface area (Å²) < 4.78 is 26.8. The predicted molar refractivity (Wildman–Crippen MR) is 103 cm³/mol. The number of aliphatic hydroxyl groups excluding tert-OH is 4. The predicted octanol–water partition coefficient (Wildman–Crippen LogP) is -2.21. The van der Waals surface area contributed by atoms with Crippen molar-refractivity contribution in [2.24, 2.45) is 11.8 Å². The van der Waals surface area contributed by atoms with Gasteiger partial charge >= 0.3 is 17.9 Å². The van der Waals surface area contributed by atoms with E-state index < -0.39 is 79.5 Å². The van der Waals surface area contributed by atoms with Crippen LogP contribution in [-0.4, -0.2) is 99.8 Å². The van der Waals surface area contributed by atoms with Gasteiger partial charge in [0.15, 0.2) is 6.29 Å². The molecule has 0 aromatic carbocycles. The van der Waals surface area contributed by atoms with Crippen molar-refractivity contribution in [1.29, 1.82) is 0 Å². The zero-order valence-electron chi connectivity index (χ0n) is 17.8. The molecule has 33 heavy (non-hydrogen) atoms. The van der Waals surface area contributed by atoms with Gasteiger partial charge in [0.2, 0.25) is 6.29 Å². The van der Waals surface area contributed by atoms with E-state index in [1.54, 1.807) is 0 Å². The number of ether oxygens (including phenoxy) is 5. The van der Waals surface area contributed by atoms with Crippen LogP contribution in [0, 0.1) is 11.8 Å². The van der Waals surface area contributed by atoms with Crippen LogP contribution in [0.15, 0.2) is 23.5 Å². The number of fused-ring (bicyclic) bond motifs is 1. The van der Waals surface area contributed by atoms with E-state index in [0.29, 0.717) is 5.57 Å². The maximum absolute atomic E-state index is 11.8. The topological polar surface area (TPSA) is 199 Å². The monoisotopic (exact) mass is 474 g/mol. The van der Waals surface area contributed by atoms with Gasteiger partial charge in [-0.1, -0.05) is 0 Å². The minimum absolute atomic E-state index is 0.228. The highest BCUT2D eigenvalue weighted by atomic mass is 16.8. The summed E-state index contributed by atoms with van der Waals surface area (Å²) in [5, 5.41) is 49.2. The molecule has 1 fully saturated rings. The van der Waals surface area contributed by atoms with Crippen LogP contribution >= 0.6 is 0 Å². The SMILES string of the molecule is CC(=O)OCC1=CC(OC(C)=O)C2C(C(=O)O)=COC(OC3OC(CO)C(O)C(O)C3O)C12. The van der Waals surface area contributed by atoms with Gasteiger partial charge in [0.05, 0.1) is 24.4 Å². The lowest BCUT2D eigenvalue weighted by Gasteiger charge is -2.43. The molecule has 0 aromatic rings. The molecule has 0 amide bonds. The average Bonchev–Trinajstić information content (AvgIpc) is 3.10. The van der Waals surface area contributed by atoms with Gasteiger partial charge in [-0.2, -0.15) is 0 Å². The largest absolute Gasteiger partial charge is 0.478 e. The van der Waals surface area contributed by atoms with Crippen molar-refractivity contribution in [1.82, 2.24) is 0 Å². The Hall–Kier alpha value is -2.55. The summed E-state index contributed by atoms with van der Waals surface area (Å²) in [5.41, 5.74) is 0.108. The van der Waals surface area contributed by atoms with E-state index >= 15 is 0 Å². The van der Waals surface area contributed by atoms with Gasteiger partial charge in [0.25, 0.3) is 0 Å². The Balaban J connectivity index is 1.92. The molecule has 2 heterocycles. The van der Waals surface area contributed by atoms with Crippen molar-refractivity contribution in [2.75, 3.05) is 13.2 Å². The number of aliphatic hydroxyl groups is 4. The minimum Gasteiger partial charge on any atom is -0.478 e. The van der Waals surface area contributed by atoms with Gasteiger partial charge in [0.1, 0.15) is 37.1 Å².